The van der Waals surface area contributed by atoms with E-state index in [0.29, 0.717) is 12.2 Å². The number of hydrogen-bond donors (Lipinski definition) is 1. The first-order chi connectivity index (χ1) is 16.9. The van der Waals surface area contributed by atoms with Crippen LogP contribution >= 0.6 is 0 Å². The number of aromatic nitrogens is 1. The number of carbonyl (C=O) groups is 1. The number of carbonyl (C=O) groups excluding carboxylic acids is 1. The summed E-state index contributed by atoms with van der Waals surface area (Å²) in [7, 11) is -3.84. The average Bonchev–Trinajstić information content (AvgIpc) is 3.34. The van der Waals surface area contributed by atoms with Crippen molar-refractivity contribution < 1.29 is 17.6 Å². The highest BCUT2D eigenvalue weighted by atomic mass is 32.2. The third-order valence-electron chi connectivity index (χ3n) is 6.16. The zero-order valence-corrected chi connectivity index (χ0v) is 19.7. The molecule has 3 aromatic carbocycles. The van der Waals surface area contributed by atoms with Crippen molar-refractivity contribution in [1.29, 1.82) is 0 Å². The van der Waals surface area contributed by atoms with Crippen molar-refractivity contribution in [2.45, 2.75) is 23.9 Å². The van der Waals surface area contributed by atoms with Gasteiger partial charge in [0.15, 0.2) is 0 Å². The fourth-order valence-corrected chi connectivity index (χ4v) is 5.49. The Hall–Kier alpha value is -3.91. The lowest BCUT2D eigenvalue weighted by Crippen LogP contribution is -2.43. The summed E-state index contributed by atoms with van der Waals surface area (Å²) < 4.78 is 42.9. The van der Waals surface area contributed by atoms with E-state index >= 15 is 0 Å². The lowest BCUT2D eigenvalue weighted by Gasteiger charge is -2.37. The van der Waals surface area contributed by atoms with E-state index < -0.39 is 15.8 Å². The molecule has 8 heteroatoms. The predicted molar refractivity (Wildman–Crippen MR) is 132 cm³/mol. The summed E-state index contributed by atoms with van der Waals surface area (Å²) in [4.78, 5) is 15.3. The van der Waals surface area contributed by atoms with Gasteiger partial charge in [-0.25, -0.2) is 12.8 Å². The number of benzene rings is 3. The molecule has 0 aliphatic carbocycles. The molecule has 1 amide bonds. The molecule has 35 heavy (non-hydrogen) atoms. The molecule has 0 bridgehead atoms. The maximum Gasteiger partial charge on any atom is 0.261 e. The summed E-state index contributed by atoms with van der Waals surface area (Å²) >= 11 is 0. The number of hydrogen-bond acceptors (Lipinski definition) is 3. The number of sulfonamides is 1. The second kappa shape index (κ2) is 9.38. The van der Waals surface area contributed by atoms with Crippen molar-refractivity contribution in [3.63, 3.8) is 0 Å². The van der Waals surface area contributed by atoms with Gasteiger partial charge in [0, 0.05) is 30.7 Å². The minimum Gasteiger partial charge on any atom is -0.348 e. The van der Waals surface area contributed by atoms with Crippen LogP contribution in [0.4, 0.5) is 10.1 Å². The molecule has 1 atom stereocenters. The summed E-state index contributed by atoms with van der Waals surface area (Å²) in [5.41, 5.74) is 3.29. The lowest BCUT2D eigenvalue weighted by atomic mass is 9.99. The predicted octanol–water partition coefficient (Wildman–Crippen LogP) is 4.60. The van der Waals surface area contributed by atoms with Crippen LogP contribution < -0.4 is 4.72 Å². The molecule has 178 valence electrons. The molecule has 1 aromatic heterocycles. The first-order valence-corrected chi connectivity index (χ1v) is 12.8. The van der Waals surface area contributed by atoms with Gasteiger partial charge in [0.25, 0.3) is 10.0 Å². The molecule has 2 heterocycles. The van der Waals surface area contributed by atoms with E-state index in [4.69, 9.17) is 0 Å². The Balaban J connectivity index is 1.31. The third-order valence-corrected chi connectivity index (χ3v) is 7.56. The summed E-state index contributed by atoms with van der Waals surface area (Å²) in [5.74, 6) is -0.500. The molecule has 0 saturated carbocycles. The van der Waals surface area contributed by atoms with Crippen LogP contribution in [-0.4, -0.2) is 30.3 Å². The number of nitrogens with one attached hydrogen (secondary N) is 1. The van der Waals surface area contributed by atoms with Crippen molar-refractivity contribution >= 4 is 21.6 Å². The minimum atomic E-state index is -3.84. The van der Waals surface area contributed by atoms with Crippen molar-refractivity contribution in [2.24, 2.45) is 0 Å². The molecule has 0 radical (unpaired) electrons. The van der Waals surface area contributed by atoms with E-state index in [-0.39, 0.29) is 23.3 Å². The molecule has 6 nitrogen and oxygen atoms in total. The van der Waals surface area contributed by atoms with Gasteiger partial charge >= 0.3 is 0 Å². The maximum absolute atomic E-state index is 13.4. The smallest absolute Gasteiger partial charge is 0.261 e. The monoisotopic (exact) mass is 489 g/mol. The van der Waals surface area contributed by atoms with Crippen molar-refractivity contribution in [3.05, 3.63) is 120 Å². The normalized spacial score (nSPS) is 15.5. The number of amides is 1. The van der Waals surface area contributed by atoms with Crippen LogP contribution in [0.25, 0.3) is 0 Å². The minimum absolute atomic E-state index is 0.00551. The van der Waals surface area contributed by atoms with E-state index in [0.717, 1.165) is 35.5 Å². The van der Waals surface area contributed by atoms with E-state index in [9.17, 15) is 17.6 Å². The van der Waals surface area contributed by atoms with Crippen LogP contribution in [0.3, 0.4) is 0 Å². The van der Waals surface area contributed by atoms with Crippen LogP contribution in [0.5, 0.6) is 0 Å². The van der Waals surface area contributed by atoms with Crippen molar-refractivity contribution in [3.8, 4) is 0 Å². The highest BCUT2D eigenvalue weighted by molar-refractivity contribution is 7.92. The van der Waals surface area contributed by atoms with Crippen LogP contribution in [0.15, 0.2) is 102 Å². The number of anilines is 1. The van der Waals surface area contributed by atoms with Crippen LogP contribution in [-0.2, 0) is 27.8 Å². The van der Waals surface area contributed by atoms with Gasteiger partial charge in [-0.05, 0) is 59.7 Å². The summed E-state index contributed by atoms with van der Waals surface area (Å²) in [6, 6.07) is 25.2. The molecule has 1 aliphatic heterocycles. The Morgan fingerprint density at radius 3 is 2.31 bits per heavy atom. The molecule has 0 saturated heterocycles. The topological polar surface area (TPSA) is 71.4 Å². The second-order valence-corrected chi connectivity index (χ2v) is 10.1. The standard InChI is InChI=1S/C27H24FN3O3S/c28-22-10-14-24(15-11-22)35(33,34)29-23-12-8-20(9-13-23)19-26(32)31-18-17-30-16-4-7-25(30)27(31)21-5-2-1-3-6-21/h1-16,27,29H,17-19H2. The Bertz CT molecular complexity index is 1430. The van der Waals surface area contributed by atoms with Gasteiger partial charge in [0.2, 0.25) is 5.91 Å². The quantitative estimate of drug-likeness (QED) is 0.430. The summed E-state index contributed by atoms with van der Waals surface area (Å²) in [5, 5.41) is 0. The van der Waals surface area contributed by atoms with Gasteiger partial charge in [-0.3, -0.25) is 9.52 Å². The fourth-order valence-electron chi connectivity index (χ4n) is 4.43. The molecule has 0 fully saturated rings. The van der Waals surface area contributed by atoms with Gasteiger partial charge < -0.3 is 9.47 Å². The molecule has 0 spiro atoms. The Labute approximate surface area is 203 Å². The average molecular weight is 490 g/mol. The van der Waals surface area contributed by atoms with Gasteiger partial charge in [-0.1, -0.05) is 42.5 Å². The van der Waals surface area contributed by atoms with Crippen molar-refractivity contribution in [1.82, 2.24) is 9.47 Å². The van der Waals surface area contributed by atoms with Crippen molar-refractivity contribution in [2.75, 3.05) is 11.3 Å². The van der Waals surface area contributed by atoms with Crippen LogP contribution in [0.1, 0.15) is 22.9 Å². The summed E-state index contributed by atoms with van der Waals surface area (Å²) in [6.45, 7) is 1.34. The molecular weight excluding hydrogens is 465 g/mol. The van der Waals surface area contributed by atoms with E-state index in [1.165, 1.54) is 12.1 Å². The first kappa shape index (κ1) is 22.9. The number of nitrogens with zero attached hydrogens (tertiary/aromatic N) is 2. The van der Waals surface area contributed by atoms with Gasteiger partial charge in [0.1, 0.15) is 5.82 Å². The third kappa shape index (κ3) is 4.83. The SMILES string of the molecule is O=C(Cc1ccc(NS(=O)(=O)c2ccc(F)cc2)cc1)N1CCn2cccc2C1c1ccccc1. The highest BCUT2D eigenvalue weighted by Crippen LogP contribution is 2.32. The number of fused-ring (bicyclic) bond motifs is 1. The van der Waals surface area contributed by atoms with Crippen LogP contribution in [0.2, 0.25) is 0 Å². The van der Waals surface area contributed by atoms with E-state index in [1.54, 1.807) is 24.3 Å². The Morgan fingerprint density at radius 2 is 1.60 bits per heavy atom. The molecule has 5 rings (SSSR count). The Morgan fingerprint density at radius 1 is 0.886 bits per heavy atom. The lowest BCUT2D eigenvalue weighted by molar-refractivity contribution is -0.133. The van der Waals surface area contributed by atoms with E-state index in [2.05, 4.69) is 15.4 Å². The fraction of sp³-hybridized carbons (Fsp3) is 0.148. The molecule has 4 aromatic rings. The zero-order valence-electron chi connectivity index (χ0n) is 18.8. The zero-order chi connectivity index (χ0) is 24.4. The molecule has 1 unspecified atom stereocenters. The largest absolute Gasteiger partial charge is 0.348 e. The van der Waals surface area contributed by atoms with Gasteiger partial charge in [0.05, 0.1) is 17.4 Å². The second-order valence-electron chi connectivity index (χ2n) is 8.46. The Kier molecular flexibility index (Phi) is 6.13. The van der Waals surface area contributed by atoms with E-state index in [1.807, 2.05) is 47.5 Å². The maximum atomic E-state index is 13.4. The van der Waals surface area contributed by atoms with Crippen LogP contribution in [0, 0.1) is 5.82 Å². The molecule has 1 N–H and O–H groups in total. The molecule has 1 aliphatic rings. The highest BCUT2D eigenvalue weighted by Gasteiger charge is 2.31. The molecular formula is C27H24FN3O3S. The van der Waals surface area contributed by atoms with Gasteiger partial charge in [-0.15, -0.1) is 0 Å². The number of rotatable bonds is 6. The number of halogens is 1. The summed E-state index contributed by atoms with van der Waals surface area (Å²) in [6.07, 6.45) is 2.24. The van der Waals surface area contributed by atoms with Gasteiger partial charge in [-0.2, -0.15) is 0 Å². The first-order valence-electron chi connectivity index (χ1n) is 11.3.